The van der Waals surface area contributed by atoms with Crippen molar-refractivity contribution < 1.29 is 18.7 Å². The van der Waals surface area contributed by atoms with Crippen LogP contribution in [0.1, 0.15) is 12.0 Å². The third-order valence-electron chi connectivity index (χ3n) is 5.71. The molecule has 1 heterocycles. The normalized spacial score (nSPS) is 15.5. The molecule has 6 nitrogen and oxygen atoms in total. The van der Waals surface area contributed by atoms with Crippen molar-refractivity contribution in [3.63, 3.8) is 0 Å². The average Bonchev–Trinajstić information content (AvgIpc) is 3.08. The first-order valence-electron chi connectivity index (χ1n) is 10.9. The number of carbonyl (C=O) groups excluding carboxylic acids is 2. The lowest BCUT2D eigenvalue weighted by Gasteiger charge is -2.24. The predicted octanol–water partition coefficient (Wildman–Crippen LogP) is 5.06. The molecule has 1 atom stereocenters. The number of methoxy groups -OCH3 is 1. The van der Waals surface area contributed by atoms with Gasteiger partial charge in [0.2, 0.25) is 5.91 Å². The summed E-state index contributed by atoms with van der Waals surface area (Å²) < 4.78 is 18.5. The Hall–Kier alpha value is -3.49. The lowest BCUT2D eigenvalue weighted by Crippen LogP contribution is -2.39. The maximum absolute atomic E-state index is 13.5. The summed E-state index contributed by atoms with van der Waals surface area (Å²) >= 11 is 11.6. The van der Waals surface area contributed by atoms with E-state index < -0.39 is 6.04 Å². The highest BCUT2D eigenvalue weighted by atomic mass is 35.5. The van der Waals surface area contributed by atoms with Crippen molar-refractivity contribution >= 4 is 52.1 Å². The van der Waals surface area contributed by atoms with Gasteiger partial charge in [0.25, 0.3) is 5.91 Å². The summed E-state index contributed by atoms with van der Waals surface area (Å²) in [6.07, 6.45) is 0.442. The largest absolute Gasteiger partial charge is 0.497 e. The molecule has 4 rings (SSSR count). The van der Waals surface area contributed by atoms with Crippen molar-refractivity contribution in [1.29, 1.82) is 0 Å². The van der Waals surface area contributed by atoms with Gasteiger partial charge in [-0.25, -0.2) is 4.39 Å². The van der Waals surface area contributed by atoms with E-state index in [0.717, 1.165) is 5.56 Å². The lowest BCUT2D eigenvalue weighted by atomic mass is 10.1. The minimum atomic E-state index is -0.780. The lowest BCUT2D eigenvalue weighted by molar-refractivity contribution is -0.124. The van der Waals surface area contributed by atoms with E-state index in [9.17, 15) is 14.0 Å². The first-order valence-corrected chi connectivity index (χ1v) is 11.7. The molecule has 9 heteroatoms. The van der Waals surface area contributed by atoms with Crippen LogP contribution in [0.3, 0.4) is 0 Å². The van der Waals surface area contributed by atoms with Gasteiger partial charge < -0.3 is 15.0 Å². The van der Waals surface area contributed by atoms with Crippen molar-refractivity contribution in [3.05, 3.63) is 89.2 Å². The Labute approximate surface area is 213 Å². The van der Waals surface area contributed by atoms with Crippen molar-refractivity contribution in [2.45, 2.75) is 18.9 Å². The molecule has 35 heavy (non-hydrogen) atoms. The van der Waals surface area contributed by atoms with Crippen molar-refractivity contribution in [1.82, 2.24) is 4.90 Å². The smallest absolute Gasteiger partial charge is 0.256 e. The van der Waals surface area contributed by atoms with Gasteiger partial charge in [-0.1, -0.05) is 23.7 Å². The zero-order valence-corrected chi connectivity index (χ0v) is 20.5. The van der Waals surface area contributed by atoms with E-state index in [1.807, 2.05) is 0 Å². The van der Waals surface area contributed by atoms with Crippen molar-refractivity contribution in [2.24, 2.45) is 0 Å². The maximum atomic E-state index is 13.5. The summed E-state index contributed by atoms with van der Waals surface area (Å²) in [6, 6.07) is 19.1. The van der Waals surface area contributed by atoms with Gasteiger partial charge in [0.05, 0.1) is 19.2 Å². The van der Waals surface area contributed by atoms with E-state index in [-0.39, 0.29) is 24.1 Å². The number of anilines is 2. The Morgan fingerprint density at radius 2 is 1.71 bits per heavy atom. The Morgan fingerprint density at radius 1 is 1.06 bits per heavy atom. The SMILES string of the molecule is COc1ccc(N2C(=O)[C@@H](CC(=O)Nc3ccc(Cl)cc3)N(CCc3ccc(F)cc3)C2=S)cc1. The Morgan fingerprint density at radius 3 is 2.34 bits per heavy atom. The van der Waals surface area contributed by atoms with E-state index in [2.05, 4.69) is 5.32 Å². The monoisotopic (exact) mass is 511 g/mol. The zero-order chi connectivity index (χ0) is 24.9. The standard InChI is InChI=1S/C26H23ClFN3O3S/c1-34-22-12-10-21(11-13-22)31-25(33)23(16-24(32)29-20-8-4-18(27)5-9-20)30(26(31)35)15-14-17-2-6-19(28)7-3-17/h2-13,23H,14-16H2,1H3,(H,29,32)/t23-/m1/s1. The minimum absolute atomic E-state index is 0.0856. The molecule has 1 N–H and O–H groups in total. The van der Waals surface area contributed by atoms with Crippen LogP contribution in [0.4, 0.5) is 15.8 Å². The number of ether oxygens (including phenoxy) is 1. The molecule has 0 bridgehead atoms. The Balaban J connectivity index is 1.55. The number of thiocarbonyl (C=S) groups is 1. The predicted molar refractivity (Wildman–Crippen MR) is 138 cm³/mol. The van der Waals surface area contributed by atoms with Crippen molar-refractivity contribution in [3.8, 4) is 5.75 Å². The van der Waals surface area contributed by atoms with Crippen LogP contribution in [0, 0.1) is 5.82 Å². The topological polar surface area (TPSA) is 61.9 Å². The molecule has 0 spiro atoms. The average molecular weight is 512 g/mol. The highest BCUT2D eigenvalue weighted by Crippen LogP contribution is 2.29. The van der Waals surface area contributed by atoms with Gasteiger partial charge in [0.15, 0.2) is 5.11 Å². The van der Waals surface area contributed by atoms with Crippen LogP contribution in [0.15, 0.2) is 72.8 Å². The fourth-order valence-corrected chi connectivity index (χ4v) is 4.42. The Kier molecular flexibility index (Phi) is 7.63. The summed E-state index contributed by atoms with van der Waals surface area (Å²) in [4.78, 5) is 29.5. The number of amides is 2. The summed E-state index contributed by atoms with van der Waals surface area (Å²) in [7, 11) is 1.56. The zero-order valence-electron chi connectivity index (χ0n) is 18.9. The first-order chi connectivity index (χ1) is 16.9. The number of nitrogens with zero attached hydrogens (tertiary/aromatic N) is 2. The first kappa shape index (κ1) is 24.6. The molecule has 1 saturated heterocycles. The van der Waals surface area contributed by atoms with Crippen molar-refractivity contribution in [2.75, 3.05) is 23.9 Å². The van der Waals surface area contributed by atoms with E-state index in [4.69, 9.17) is 28.6 Å². The third kappa shape index (κ3) is 5.78. The molecule has 0 saturated carbocycles. The molecular weight excluding hydrogens is 489 g/mol. The second-order valence-corrected chi connectivity index (χ2v) is 8.80. The van der Waals surface area contributed by atoms with Crippen LogP contribution in [0.25, 0.3) is 0 Å². The van der Waals surface area contributed by atoms with Crippen LogP contribution in [0.2, 0.25) is 5.02 Å². The number of halogens is 2. The van der Waals surface area contributed by atoms with Crippen LogP contribution in [-0.2, 0) is 16.0 Å². The number of rotatable bonds is 8. The maximum Gasteiger partial charge on any atom is 0.256 e. The Bertz CT molecular complexity index is 1220. The number of nitrogens with one attached hydrogen (secondary N) is 1. The summed E-state index contributed by atoms with van der Waals surface area (Å²) in [5.74, 6) is -0.274. The molecule has 3 aromatic rings. The van der Waals surface area contributed by atoms with Gasteiger partial charge in [0.1, 0.15) is 17.6 Å². The third-order valence-corrected chi connectivity index (χ3v) is 6.38. The van der Waals surface area contributed by atoms with Crippen LogP contribution < -0.4 is 15.0 Å². The van der Waals surface area contributed by atoms with Crippen LogP contribution >= 0.6 is 23.8 Å². The van der Waals surface area contributed by atoms with Gasteiger partial charge in [-0.3, -0.25) is 14.5 Å². The highest BCUT2D eigenvalue weighted by molar-refractivity contribution is 7.80. The molecule has 1 aliphatic heterocycles. The van der Waals surface area contributed by atoms with Gasteiger partial charge >= 0.3 is 0 Å². The fourth-order valence-electron chi connectivity index (χ4n) is 3.88. The molecule has 1 aliphatic rings. The van der Waals surface area contributed by atoms with Gasteiger partial charge in [-0.2, -0.15) is 0 Å². The minimum Gasteiger partial charge on any atom is -0.497 e. The van der Waals surface area contributed by atoms with Gasteiger partial charge in [-0.15, -0.1) is 0 Å². The number of hydrogen-bond donors (Lipinski definition) is 1. The van der Waals surface area contributed by atoms with Gasteiger partial charge in [0, 0.05) is 17.3 Å². The molecule has 0 aromatic heterocycles. The molecule has 180 valence electrons. The van der Waals surface area contributed by atoms with Gasteiger partial charge in [-0.05, 0) is 84.9 Å². The van der Waals surface area contributed by atoms with Crippen LogP contribution in [-0.4, -0.2) is 41.5 Å². The quantitative estimate of drug-likeness (QED) is 0.428. The highest BCUT2D eigenvalue weighted by Gasteiger charge is 2.43. The van der Waals surface area contributed by atoms with E-state index in [1.54, 1.807) is 72.7 Å². The van der Waals surface area contributed by atoms with Crippen LogP contribution in [0.5, 0.6) is 5.75 Å². The second kappa shape index (κ2) is 10.8. The summed E-state index contributed by atoms with van der Waals surface area (Å²) in [5, 5.41) is 3.67. The summed E-state index contributed by atoms with van der Waals surface area (Å²) in [6.45, 7) is 0.391. The molecular formula is C26H23ClFN3O3S. The molecule has 3 aromatic carbocycles. The number of carbonyl (C=O) groups is 2. The fraction of sp³-hybridized carbons (Fsp3) is 0.192. The molecule has 0 aliphatic carbocycles. The molecule has 1 fully saturated rings. The number of hydrogen-bond acceptors (Lipinski definition) is 4. The molecule has 0 radical (unpaired) electrons. The summed E-state index contributed by atoms with van der Waals surface area (Å²) in [5.41, 5.74) is 2.07. The van der Waals surface area contributed by atoms with E-state index in [0.29, 0.717) is 40.2 Å². The van der Waals surface area contributed by atoms with E-state index >= 15 is 0 Å². The van der Waals surface area contributed by atoms with E-state index in [1.165, 1.54) is 17.0 Å². The second-order valence-electron chi connectivity index (χ2n) is 8.00. The number of benzene rings is 3. The molecule has 0 unspecified atom stereocenters. The molecule has 2 amide bonds.